The van der Waals surface area contributed by atoms with E-state index in [1.807, 2.05) is 6.92 Å². The maximum atomic E-state index is 12.1. The number of nitrogens with one attached hydrogen (secondary N) is 2. The summed E-state index contributed by atoms with van der Waals surface area (Å²) in [6.07, 6.45) is 10.3. The Bertz CT molecular complexity index is 796. The summed E-state index contributed by atoms with van der Waals surface area (Å²) in [4.78, 5) is 46.0. The fourth-order valence-corrected chi connectivity index (χ4v) is 3.62. The fourth-order valence-electron chi connectivity index (χ4n) is 3.62. The van der Waals surface area contributed by atoms with Crippen LogP contribution in [0.25, 0.3) is 0 Å². The van der Waals surface area contributed by atoms with Crippen LogP contribution in [0.3, 0.4) is 0 Å². The molecule has 1 atom stereocenters. The maximum Gasteiger partial charge on any atom is 0.335 e. The van der Waals surface area contributed by atoms with Gasteiger partial charge in [-0.3, -0.25) is 9.59 Å². The highest BCUT2D eigenvalue weighted by atomic mass is 16.5. The normalized spacial score (nSPS) is 11.5. The van der Waals surface area contributed by atoms with Gasteiger partial charge in [0, 0.05) is 19.4 Å². The van der Waals surface area contributed by atoms with E-state index in [0.29, 0.717) is 25.3 Å². The van der Waals surface area contributed by atoms with Gasteiger partial charge in [0.05, 0.1) is 12.2 Å². The third kappa shape index (κ3) is 15.0. The Kier molecular flexibility index (Phi) is 16.4. The van der Waals surface area contributed by atoms with Gasteiger partial charge >= 0.3 is 11.9 Å². The second kappa shape index (κ2) is 19.1. The average molecular weight is 507 g/mol. The highest BCUT2D eigenvalue weighted by Gasteiger charge is 2.20. The molecule has 0 unspecified atom stereocenters. The van der Waals surface area contributed by atoms with Gasteiger partial charge in [-0.05, 0) is 49.9 Å². The predicted octanol–water partition coefficient (Wildman–Crippen LogP) is 4.54. The molecule has 1 aromatic carbocycles. The second-order valence-electron chi connectivity index (χ2n) is 8.96. The molecule has 0 fully saturated rings. The molecule has 0 aromatic heterocycles. The van der Waals surface area contributed by atoms with Crippen molar-refractivity contribution in [2.24, 2.45) is 0 Å². The van der Waals surface area contributed by atoms with Gasteiger partial charge in [0.25, 0.3) is 0 Å². The molecule has 9 heteroatoms. The molecule has 0 bridgehead atoms. The van der Waals surface area contributed by atoms with Crippen molar-refractivity contribution in [3.8, 4) is 5.75 Å². The molecule has 4 N–H and O–H groups in total. The van der Waals surface area contributed by atoms with Crippen LogP contribution in [0.2, 0.25) is 0 Å². The van der Waals surface area contributed by atoms with Gasteiger partial charge in [-0.25, -0.2) is 9.59 Å². The first-order valence-electron chi connectivity index (χ1n) is 13.1. The Hall–Kier alpha value is -3.10. The Morgan fingerprint density at radius 3 is 2.00 bits per heavy atom. The van der Waals surface area contributed by atoms with E-state index in [2.05, 4.69) is 10.6 Å². The molecule has 0 saturated heterocycles. The van der Waals surface area contributed by atoms with Gasteiger partial charge in [0.15, 0.2) is 0 Å². The largest absolute Gasteiger partial charge is 0.494 e. The monoisotopic (exact) mass is 506 g/mol. The van der Waals surface area contributed by atoms with E-state index in [1.165, 1.54) is 12.1 Å². The lowest BCUT2D eigenvalue weighted by molar-refractivity contribution is -0.142. The van der Waals surface area contributed by atoms with Crippen LogP contribution in [0, 0.1) is 0 Å². The lowest BCUT2D eigenvalue weighted by atomic mass is 10.1. The van der Waals surface area contributed by atoms with Crippen LogP contribution in [-0.4, -0.2) is 53.2 Å². The first kappa shape index (κ1) is 30.9. The predicted molar refractivity (Wildman–Crippen MR) is 137 cm³/mol. The summed E-state index contributed by atoms with van der Waals surface area (Å²) in [5.41, 5.74) is 0.242. The van der Waals surface area contributed by atoms with Crippen molar-refractivity contribution < 1.29 is 34.1 Å². The molecule has 0 aliphatic carbocycles. The molecule has 1 rings (SSSR count). The van der Waals surface area contributed by atoms with Gasteiger partial charge in [-0.1, -0.05) is 51.9 Å². The summed E-state index contributed by atoms with van der Waals surface area (Å²) in [6.45, 7) is 3.21. The number of aliphatic carboxylic acids is 1. The minimum absolute atomic E-state index is 0.0764. The lowest BCUT2D eigenvalue weighted by Gasteiger charge is -2.14. The third-order valence-electron chi connectivity index (χ3n) is 5.81. The fraction of sp³-hybridized carbons (Fsp3) is 0.630. The first-order chi connectivity index (χ1) is 17.3. The zero-order valence-electron chi connectivity index (χ0n) is 21.4. The highest BCUT2D eigenvalue weighted by Crippen LogP contribution is 2.14. The van der Waals surface area contributed by atoms with Gasteiger partial charge in [-0.15, -0.1) is 0 Å². The summed E-state index contributed by atoms with van der Waals surface area (Å²) in [7, 11) is 0. The molecule has 2 amide bonds. The molecule has 0 heterocycles. The number of carbonyl (C=O) groups is 4. The average Bonchev–Trinajstić information content (AvgIpc) is 2.85. The van der Waals surface area contributed by atoms with Gasteiger partial charge in [-0.2, -0.15) is 0 Å². The number of hydrogen-bond donors (Lipinski definition) is 4. The summed E-state index contributed by atoms with van der Waals surface area (Å²) < 4.78 is 5.62. The lowest BCUT2D eigenvalue weighted by Crippen LogP contribution is -2.41. The van der Waals surface area contributed by atoms with E-state index in [4.69, 9.17) is 9.84 Å². The van der Waals surface area contributed by atoms with E-state index in [0.717, 1.165) is 57.8 Å². The van der Waals surface area contributed by atoms with Gasteiger partial charge < -0.3 is 25.6 Å². The Labute approximate surface area is 214 Å². The molecule has 0 radical (unpaired) electrons. The number of amides is 2. The molecule has 0 spiro atoms. The molecule has 0 aliphatic rings. The van der Waals surface area contributed by atoms with E-state index < -0.39 is 18.0 Å². The SMILES string of the molecule is CCCCNC(=O)CC[C@H](NC(=O)CCCCCCCCCCOc1ccc(C(=O)O)cc1)C(=O)O. The molecule has 1 aromatic rings. The molecular formula is C27H42N2O7. The molecular weight excluding hydrogens is 464 g/mol. The Balaban J connectivity index is 2.02. The number of aromatic carboxylic acids is 1. The highest BCUT2D eigenvalue weighted by molar-refractivity contribution is 5.87. The van der Waals surface area contributed by atoms with E-state index in [1.54, 1.807) is 12.1 Å². The van der Waals surface area contributed by atoms with E-state index in [-0.39, 0.29) is 36.6 Å². The second-order valence-corrected chi connectivity index (χ2v) is 8.96. The molecule has 9 nitrogen and oxygen atoms in total. The Morgan fingerprint density at radius 2 is 1.42 bits per heavy atom. The number of ether oxygens (including phenoxy) is 1. The summed E-state index contributed by atoms with van der Waals surface area (Å²) in [5, 5.41) is 23.5. The van der Waals surface area contributed by atoms with Crippen LogP contribution in [0.1, 0.15) is 101 Å². The number of unbranched alkanes of at least 4 members (excludes halogenated alkanes) is 8. The quantitative estimate of drug-likeness (QED) is 0.179. The van der Waals surface area contributed by atoms with Crippen LogP contribution in [0.4, 0.5) is 0 Å². The van der Waals surface area contributed by atoms with Crippen LogP contribution in [0.15, 0.2) is 24.3 Å². The van der Waals surface area contributed by atoms with Crippen molar-refractivity contribution in [2.45, 2.75) is 96.4 Å². The van der Waals surface area contributed by atoms with E-state index >= 15 is 0 Å². The van der Waals surface area contributed by atoms with Crippen molar-refractivity contribution >= 4 is 23.8 Å². The van der Waals surface area contributed by atoms with Crippen LogP contribution >= 0.6 is 0 Å². The third-order valence-corrected chi connectivity index (χ3v) is 5.81. The molecule has 36 heavy (non-hydrogen) atoms. The standard InChI is InChI=1S/C27H42N2O7/c1-2-3-19-28-24(30)18-17-23(27(34)35)29-25(31)12-10-8-6-4-5-7-9-11-20-36-22-15-13-21(14-16-22)26(32)33/h13-16,23H,2-12,17-20H2,1H3,(H,28,30)(H,29,31)(H,32,33)(H,34,35)/t23-/m0/s1. The zero-order valence-corrected chi connectivity index (χ0v) is 21.4. The molecule has 0 saturated carbocycles. The van der Waals surface area contributed by atoms with Crippen molar-refractivity contribution in [3.05, 3.63) is 29.8 Å². The number of carbonyl (C=O) groups excluding carboxylic acids is 2. The molecule has 0 aliphatic heterocycles. The van der Waals surface area contributed by atoms with Crippen LogP contribution < -0.4 is 15.4 Å². The minimum Gasteiger partial charge on any atom is -0.494 e. The summed E-state index contributed by atoms with van der Waals surface area (Å²) in [5.74, 6) is -1.87. The van der Waals surface area contributed by atoms with Gasteiger partial charge in [0.1, 0.15) is 11.8 Å². The Morgan fingerprint density at radius 1 is 0.806 bits per heavy atom. The zero-order chi connectivity index (χ0) is 26.6. The minimum atomic E-state index is -1.12. The maximum absolute atomic E-state index is 12.1. The van der Waals surface area contributed by atoms with Crippen LogP contribution in [0.5, 0.6) is 5.75 Å². The van der Waals surface area contributed by atoms with Crippen molar-refractivity contribution in [1.29, 1.82) is 0 Å². The first-order valence-corrected chi connectivity index (χ1v) is 13.1. The van der Waals surface area contributed by atoms with Crippen LogP contribution in [-0.2, 0) is 14.4 Å². The number of rotatable bonds is 21. The van der Waals surface area contributed by atoms with E-state index in [9.17, 15) is 24.3 Å². The van der Waals surface area contributed by atoms with Crippen molar-refractivity contribution in [3.63, 3.8) is 0 Å². The smallest absolute Gasteiger partial charge is 0.335 e. The van der Waals surface area contributed by atoms with Crippen molar-refractivity contribution in [2.75, 3.05) is 13.2 Å². The number of carboxylic acid groups (broad SMARTS) is 2. The number of hydrogen-bond acceptors (Lipinski definition) is 5. The van der Waals surface area contributed by atoms with Gasteiger partial charge in [0.2, 0.25) is 11.8 Å². The molecule has 202 valence electrons. The topological polar surface area (TPSA) is 142 Å². The number of carboxylic acids is 2. The summed E-state index contributed by atoms with van der Waals surface area (Å²) in [6, 6.07) is 5.35. The summed E-state index contributed by atoms with van der Waals surface area (Å²) >= 11 is 0. The number of benzene rings is 1. The van der Waals surface area contributed by atoms with Crippen molar-refractivity contribution in [1.82, 2.24) is 10.6 Å².